The maximum Gasteiger partial charge on any atom is 0.471 e. The second-order valence-corrected chi connectivity index (χ2v) is 6.71. The molecule has 0 fully saturated rings. The molecule has 0 saturated carbocycles. The van der Waals surface area contributed by atoms with Crippen LogP contribution in [0, 0.1) is 10.1 Å². The Bertz CT molecular complexity index is 1140. The van der Waals surface area contributed by atoms with Gasteiger partial charge < -0.3 is 14.7 Å². The Morgan fingerprint density at radius 3 is 2.48 bits per heavy atom. The van der Waals surface area contributed by atoms with E-state index in [0.29, 0.717) is 5.56 Å². The summed E-state index contributed by atoms with van der Waals surface area (Å²) < 4.78 is 41.9. The lowest BCUT2D eigenvalue weighted by Crippen LogP contribution is -2.33. The van der Waals surface area contributed by atoms with Crippen molar-refractivity contribution in [1.29, 1.82) is 0 Å². The Kier molecular flexibility index (Phi) is 7.00. The van der Waals surface area contributed by atoms with Gasteiger partial charge in [0.25, 0.3) is 11.6 Å². The highest BCUT2D eigenvalue weighted by Gasteiger charge is 2.38. The number of benzene rings is 2. The Labute approximate surface area is 184 Å². The third kappa shape index (κ3) is 6.35. The second kappa shape index (κ2) is 9.89. The predicted octanol–water partition coefficient (Wildman–Crippen LogP) is 3.98. The molecule has 0 radical (unpaired) electrons. The molecule has 1 amide bonds. The first-order valence-electron chi connectivity index (χ1n) is 9.34. The molecular weight excluding hydrogens is 447 g/mol. The van der Waals surface area contributed by atoms with Gasteiger partial charge in [-0.05, 0) is 36.8 Å². The van der Waals surface area contributed by atoms with E-state index in [4.69, 9.17) is 4.84 Å². The number of nitro groups is 1. The molecule has 1 N–H and O–H groups in total. The molecule has 13 heteroatoms. The van der Waals surface area contributed by atoms with Gasteiger partial charge in [0.1, 0.15) is 6.61 Å². The molecule has 172 valence electrons. The number of carbonyl (C=O) groups is 1. The minimum absolute atomic E-state index is 0.0324. The highest BCUT2D eigenvalue weighted by molar-refractivity contribution is 5.96. The highest BCUT2D eigenvalue weighted by atomic mass is 19.4. The number of nitro benzene ring substituents is 1. The van der Waals surface area contributed by atoms with Gasteiger partial charge >= 0.3 is 12.1 Å². The summed E-state index contributed by atoms with van der Waals surface area (Å²) in [5.41, 5.74) is 1.15. The van der Waals surface area contributed by atoms with Gasteiger partial charge in [-0.25, -0.2) is 0 Å². The first-order chi connectivity index (χ1) is 15.6. The fraction of sp³-hybridized carbons (Fsp3) is 0.200. The standard InChI is InChI=1S/C20H16F3N5O5/c1-12(10-24-32-11-13-2-8-16(9-3-13)28(30)31)25-18(29)15-6-4-14(5-7-15)17-26-19(33-27-17)20(21,22)23/h2-10,12H,11H2,1H3,(H,25,29). The number of hydrogen-bond donors (Lipinski definition) is 1. The summed E-state index contributed by atoms with van der Waals surface area (Å²) in [6.45, 7) is 1.74. The summed E-state index contributed by atoms with van der Waals surface area (Å²) >= 11 is 0. The molecule has 1 heterocycles. The number of oxime groups is 1. The Hall–Kier alpha value is -4.29. The zero-order chi connectivity index (χ0) is 24.0. The number of non-ortho nitro benzene ring substituents is 1. The van der Waals surface area contributed by atoms with Crippen LogP contribution in [-0.4, -0.2) is 33.2 Å². The van der Waals surface area contributed by atoms with E-state index < -0.39 is 28.9 Å². The number of alkyl halides is 3. The number of rotatable bonds is 8. The van der Waals surface area contributed by atoms with E-state index in [1.54, 1.807) is 19.1 Å². The molecule has 1 unspecified atom stereocenters. The van der Waals surface area contributed by atoms with Crippen LogP contribution in [0.5, 0.6) is 0 Å². The number of aromatic nitrogens is 2. The molecule has 0 saturated heterocycles. The van der Waals surface area contributed by atoms with Gasteiger partial charge in [0, 0.05) is 23.3 Å². The quantitative estimate of drug-likeness (QED) is 0.303. The van der Waals surface area contributed by atoms with Crippen LogP contribution in [0.15, 0.2) is 58.2 Å². The maximum absolute atomic E-state index is 12.6. The van der Waals surface area contributed by atoms with Crippen molar-refractivity contribution in [2.24, 2.45) is 5.16 Å². The Morgan fingerprint density at radius 1 is 1.24 bits per heavy atom. The Balaban J connectivity index is 1.49. The summed E-state index contributed by atoms with van der Waals surface area (Å²) in [5, 5.41) is 20.3. The highest BCUT2D eigenvalue weighted by Crippen LogP contribution is 2.29. The van der Waals surface area contributed by atoms with Crippen molar-refractivity contribution < 1.29 is 32.2 Å². The van der Waals surface area contributed by atoms with Crippen LogP contribution in [0.25, 0.3) is 11.4 Å². The van der Waals surface area contributed by atoms with E-state index in [-0.39, 0.29) is 29.2 Å². The van der Waals surface area contributed by atoms with Crippen LogP contribution in [0.1, 0.15) is 28.7 Å². The summed E-state index contributed by atoms with van der Waals surface area (Å²) in [6, 6.07) is 10.9. The van der Waals surface area contributed by atoms with Gasteiger partial charge in [0.05, 0.1) is 17.2 Å². The van der Waals surface area contributed by atoms with Crippen molar-refractivity contribution in [3.8, 4) is 11.4 Å². The van der Waals surface area contributed by atoms with Crippen molar-refractivity contribution in [2.75, 3.05) is 0 Å². The SMILES string of the molecule is CC(C=NOCc1ccc([N+](=O)[O-])cc1)NC(=O)c1ccc(-c2noc(C(F)(F)F)n2)cc1. The van der Waals surface area contributed by atoms with E-state index in [0.717, 1.165) is 0 Å². The summed E-state index contributed by atoms with van der Waals surface area (Å²) in [7, 11) is 0. The molecule has 2 aromatic carbocycles. The zero-order valence-corrected chi connectivity index (χ0v) is 16.9. The largest absolute Gasteiger partial charge is 0.471 e. The summed E-state index contributed by atoms with van der Waals surface area (Å²) in [5.74, 6) is -2.15. The van der Waals surface area contributed by atoms with E-state index >= 15 is 0 Å². The average Bonchev–Trinajstić information content (AvgIpc) is 3.28. The van der Waals surface area contributed by atoms with Crippen molar-refractivity contribution in [3.05, 3.63) is 75.7 Å². The smallest absolute Gasteiger partial charge is 0.391 e. The topological polar surface area (TPSA) is 133 Å². The van der Waals surface area contributed by atoms with Crippen LogP contribution in [0.3, 0.4) is 0 Å². The van der Waals surface area contributed by atoms with Crippen molar-refractivity contribution in [1.82, 2.24) is 15.5 Å². The summed E-state index contributed by atoms with van der Waals surface area (Å²) in [4.78, 5) is 30.8. The molecule has 33 heavy (non-hydrogen) atoms. The molecular formula is C20H16F3N5O5. The lowest BCUT2D eigenvalue weighted by atomic mass is 10.1. The Morgan fingerprint density at radius 2 is 1.91 bits per heavy atom. The fourth-order valence-corrected chi connectivity index (χ4v) is 2.51. The molecule has 0 aliphatic heterocycles. The first-order valence-corrected chi connectivity index (χ1v) is 9.34. The number of hydrogen-bond acceptors (Lipinski definition) is 8. The van der Waals surface area contributed by atoms with Crippen molar-refractivity contribution in [2.45, 2.75) is 25.7 Å². The normalized spacial score (nSPS) is 12.5. The van der Waals surface area contributed by atoms with E-state index in [9.17, 15) is 28.1 Å². The van der Waals surface area contributed by atoms with E-state index in [2.05, 4.69) is 25.1 Å². The van der Waals surface area contributed by atoms with Crippen LogP contribution in [0.2, 0.25) is 0 Å². The minimum atomic E-state index is -4.74. The third-order valence-electron chi connectivity index (χ3n) is 4.17. The number of nitrogens with one attached hydrogen (secondary N) is 1. The molecule has 0 aliphatic rings. The average molecular weight is 463 g/mol. The first kappa shape index (κ1) is 23.4. The number of carbonyl (C=O) groups excluding carboxylic acids is 1. The maximum atomic E-state index is 12.6. The van der Waals surface area contributed by atoms with Crippen LogP contribution >= 0.6 is 0 Å². The van der Waals surface area contributed by atoms with Crippen molar-refractivity contribution >= 4 is 17.8 Å². The van der Waals surface area contributed by atoms with Gasteiger partial charge in [-0.2, -0.15) is 18.2 Å². The van der Waals surface area contributed by atoms with Gasteiger partial charge in [-0.1, -0.05) is 22.4 Å². The molecule has 1 atom stereocenters. The van der Waals surface area contributed by atoms with Crippen LogP contribution in [-0.2, 0) is 17.6 Å². The summed E-state index contributed by atoms with van der Waals surface area (Å²) in [6.07, 6.45) is -3.38. The molecule has 10 nitrogen and oxygen atoms in total. The van der Waals surface area contributed by atoms with E-state index in [1.807, 2.05) is 0 Å². The second-order valence-electron chi connectivity index (χ2n) is 6.71. The fourth-order valence-electron chi connectivity index (χ4n) is 2.51. The van der Waals surface area contributed by atoms with Gasteiger partial charge in [-0.3, -0.25) is 14.9 Å². The van der Waals surface area contributed by atoms with Crippen LogP contribution < -0.4 is 5.32 Å². The molecule has 3 aromatic rings. The van der Waals surface area contributed by atoms with Gasteiger partial charge in [-0.15, -0.1) is 0 Å². The molecule has 0 aliphatic carbocycles. The van der Waals surface area contributed by atoms with Gasteiger partial charge in [0.15, 0.2) is 0 Å². The number of amides is 1. The number of nitrogens with zero attached hydrogens (tertiary/aromatic N) is 4. The molecule has 0 spiro atoms. The number of halogens is 3. The van der Waals surface area contributed by atoms with E-state index in [1.165, 1.54) is 42.6 Å². The van der Waals surface area contributed by atoms with Crippen molar-refractivity contribution in [3.63, 3.8) is 0 Å². The lowest BCUT2D eigenvalue weighted by Gasteiger charge is -2.09. The molecule has 1 aromatic heterocycles. The zero-order valence-electron chi connectivity index (χ0n) is 16.9. The minimum Gasteiger partial charge on any atom is -0.391 e. The monoisotopic (exact) mass is 463 g/mol. The third-order valence-corrected chi connectivity index (χ3v) is 4.17. The van der Waals surface area contributed by atoms with Gasteiger partial charge in [0.2, 0.25) is 5.82 Å². The molecule has 3 rings (SSSR count). The van der Waals surface area contributed by atoms with Crippen LogP contribution in [0.4, 0.5) is 18.9 Å². The molecule has 0 bridgehead atoms. The predicted molar refractivity (Wildman–Crippen MR) is 108 cm³/mol. The lowest BCUT2D eigenvalue weighted by molar-refractivity contribution is -0.384.